The topological polar surface area (TPSA) is 39.8 Å². The predicted molar refractivity (Wildman–Crippen MR) is 122 cm³/mol. The van der Waals surface area contributed by atoms with Crippen molar-refractivity contribution in [2.45, 2.75) is 19.0 Å². The average molecular weight is 403 g/mol. The van der Waals surface area contributed by atoms with Crippen molar-refractivity contribution in [1.29, 1.82) is 0 Å². The summed E-state index contributed by atoms with van der Waals surface area (Å²) >= 11 is 0. The summed E-state index contributed by atoms with van der Waals surface area (Å²) in [5.41, 5.74) is 5.97. The second-order valence-corrected chi connectivity index (χ2v) is 8.13. The number of hydrogen-bond donors (Lipinski definition) is 0. The highest BCUT2D eigenvalue weighted by atomic mass is 16.1. The first-order valence-corrected chi connectivity index (χ1v) is 10.5. The highest BCUT2D eigenvalue weighted by molar-refractivity contribution is 6.00. The number of hydrogen-bond acceptors (Lipinski definition) is 2. The Morgan fingerprint density at radius 3 is 2.39 bits per heavy atom. The standard InChI is InChI=1S/C27H21N3O/c1-18-13-15-19(16-14-18)24-25(26(31)20-8-3-2-4-9-20)29-17-7-12-23(29)27-28-21-10-5-6-11-22(21)30(24)27/h2-17,24-25H,1H3/t24-,25+/m0/s1. The number of carbonyl (C=O) groups excluding carboxylic acids is 1. The number of imidazole rings is 1. The summed E-state index contributed by atoms with van der Waals surface area (Å²) < 4.78 is 4.35. The lowest BCUT2D eigenvalue weighted by Gasteiger charge is -2.36. The summed E-state index contributed by atoms with van der Waals surface area (Å²) in [7, 11) is 0. The number of aromatic nitrogens is 3. The van der Waals surface area contributed by atoms with Crippen LogP contribution < -0.4 is 0 Å². The van der Waals surface area contributed by atoms with Crippen LogP contribution in [-0.2, 0) is 0 Å². The summed E-state index contributed by atoms with van der Waals surface area (Å²) in [5.74, 6) is 1.00. The van der Waals surface area contributed by atoms with Gasteiger partial charge in [0.05, 0.1) is 22.8 Å². The number of para-hydroxylation sites is 2. The number of fused-ring (bicyclic) bond motifs is 5. The van der Waals surface area contributed by atoms with Gasteiger partial charge < -0.3 is 9.13 Å². The Labute approximate surface area is 180 Å². The minimum absolute atomic E-state index is 0.104. The van der Waals surface area contributed by atoms with E-state index in [0.717, 1.165) is 33.7 Å². The Bertz CT molecular complexity index is 1410. The Hall–Kier alpha value is -3.92. The lowest BCUT2D eigenvalue weighted by Crippen LogP contribution is -2.34. The van der Waals surface area contributed by atoms with Gasteiger partial charge in [-0.05, 0) is 36.8 Å². The SMILES string of the molecule is Cc1ccc([C@H]2[C@H](C(=O)c3ccccc3)n3cccc3-c3nc4ccccc4n32)cc1. The molecule has 2 aromatic heterocycles. The summed E-state index contributed by atoms with van der Waals surface area (Å²) in [6.45, 7) is 2.08. The molecular formula is C27H21N3O. The molecule has 0 spiro atoms. The normalized spacial score (nSPS) is 17.3. The largest absolute Gasteiger partial charge is 0.332 e. The van der Waals surface area contributed by atoms with Gasteiger partial charge in [-0.15, -0.1) is 0 Å². The maximum atomic E-state index is 13.9. The van der Waals surface area contributed by atoms with E-state index in [4.69, 9.17) is 4.98 Å². The molecule has 0 radical (unpaired) electrons. The maximum Gasteiger partial charge on any atom is 0.188 e. The summed E-state index contributed by atoms with van der Waals surface area (Å²) in [6, 6.07) is 29.7. The third-order valence-corrected chi connectivity index (χ3v) is 6.23. The fourth-order valence-corrected chi connectivity index (χ4v) is 4.76. The molecule has 0 fully saturated rings. The van der Waals surface area contributed by atoms with Crippen LogP contribution in [0.2, 0.25) is 0 Å². The molecule has 0 unspecified atom stereocenters. The van der Waals surface area contributed by atoms with Gasteiger partial charge in [-0.3, -0.25) is 4.79 Å². The van der Waals surface area contributed by atoms with Crippen LogP contribution in [0.1, 0.15) is 33.6 Å². The van der Waals surface area contributed by atoms with E-state index in [1.54, 1.807) is 0 Å². The van der Waals surface area contributed by atoms with Crippen molar-refractivity contribution in [1.82, 2.24) is 14.1 Å². The van der Waals surface area contributed by atoms with Gasteiger partial charge in [0.2, 0.25) is 0 Å². The first kappa shape index (κ1) is 17.9. The van der Waals surface area contributed by atoms with Crippen LogP contribution in [0.4, 0.5) is 0 Å². The molecule has 0 saturated carbocycles. The molecule has 4 nitrogen and oxygen atoms in total. The molecule has 0 bridgehead atoms. The van der Waals surface area contributed by atoms with Crippen molar-refractivity contribution in [3.05, 3.63) is 114 Å². The molecule has 31 heavy (non-hydrogen) atoms. The van der Waals surface area contributed by atoms with Crippen LogP contribution >= 0.6 is 0 Å². The zero-order chi connectivity index (χ0) is 20.9. The van der Waals surface area contributed by atoms with Gasteiger partial charge >= 0.3 is 0 Å². The van der Waals surface area contributed by atoms with E-state index in [2.05, 4.69) is 46.4 Å². The second kappa shape index (κ2) is 6.81. The minimum atomic E-state index is -0.403. The van der Waals surface area contributed by atoms with Crippen molar-refractivity contribution in [2.24, 2.45) is 0 Å². The number of Topliss-reactive ketones (excluding diaryl/α,β-unsaturated/α-hetero) is 1. The number of carbonyl (C=O) groups is 1. The van der Waals surface area contributed by atoms with Gasteiger partial charge in [-0.25, -0.2) is 4.98 Å². The summed E-state index contributed by atoms with van der Waals surface area (Å²) in [6.07, 6.45) is 2.00. The molecule has 0 aliphatic carbocycles. The lowest BCUT2D eigenvalue weighted by molar-refractivity contribution is 0.0895. The first-order chi connectivity index (χ1) is 15.2. The van der Waals surface area contributed by atoms with Crippen LogP contribution in [0.5, 0.6) is 0 Å². The van der Waals surface area contributed by atoms with Gasteiger partial charge in [-0.1, -0.05) is 72.3 Å². The molecule has 3 heterocycles. The molecule has 3 aromatic carbocycles. The molecule has 0 N–H and O–H groups in total. The number of aryl methyl sites for hydroxylation is 1. The van der Waals surface area contributed by atoms with Crippen molar-refractivity contribution in [3.8, 4) is 11.5 Å². The van der Waals surface area contributed by atoms with Crippen LogP contribution in [0, 0.1) is 6.92 Å². The van der Waals surface area contributed by atoms with Crippen molar-refractivity contribution >= 4 is 16.8 Å². The van der Waals surface area contributed by atoms with E-state index in [-0.39, 0.29) is 11.8 Å². The maximum absolute atomic E-state index is 13.9. The smallest absolute Gasteiger partial charge is 0.188 e. The number of rotatable bonds is 3. The fourth-order valence-electron chi connectivity index (χ4n) is 4.76. The van der Waals surface area contributed by atoms with Crippen LogP contribution in [0.15, 0.2) is 97.2 Å². The molecule has 1 aliphatic rings. The first-order valence-electron chi connectivity index (χ1n) is 10.5. The quantitative estimate of drug-likeness (QED) is 0.355. The Balaban J connectivity index is 1.66. The average Bonchev–Trinajstić information content (AvgIpc) is 3.44. The predicted octanol–water partition coefficient (Wildman–Crippen LogP) is 5.84. The Kier molecular flexibility index (Phi) is 3.93. The molecule has 2 atom stereocenters. The van der Waals surface area contributed by atoms with Crippen molar-refractivity contribution in [3.63, 3.8) is 0 Å². The van der Waals surface area contributed by atoms with E-state index in [9.17, 15) is 4.79 Å². The third-order valence-electron chi connectivity index (χ3n) is 6.23. The van der Waals surface area contributed by atoms with Gasteiger partial charge in [0.15, 0.2) is 11.6 Å². The molecule has 4 heteroatoms. The monoisotopic (exact) mass is 403 g/mol. The van der Waals surface area contributed by atoms with Gasteiger partial charge in [-0.2, -0.15) is 0 Å². The molecular weight excluding hydrogens is 382 g/mol. The number of nitrogens with zero attached hydrogens (tertiary/aromatic N) is 3. The van der Waals surface area contributed by atoms with Gasteiger partial charge in [0.25, 0.3) is 0 Å². The molecule has 0 saturated heterocycles. The van der Waals surface area contributed by atoms with Crippen LogP contribution in [-0.4, -0.2) is 19.9 Å². The van der Waals surface area contributed by atoms with E-state index in [0.29, 0.717) is 0 Å². The number of benzene rings is 3. The van der Waals surface area contributed by atoms with E-state index in [1.807, 2.05) is 66.9 Å². The van der Waals surface area contributed by atoms with Gasteiger partial charge in [0, 0.05) is 11.8 Å². The zero-order valence-electron chi connectivity index (χ0n) is 17.1. The molecule has 150 valence electrons. The van der Waals surface area contributed by atoms with Crippen LogP contribution in [0.3, 0.4) is 0 Å². The third kappa shape index (κ3) is 2.68. The fraction of sp³-hybridized carbons (Fsp3) is 0.111. The van der Waals surface area contributed by atoms with Crippen molar-refractivity contribution in [2.75, 3.05) is 0 Å². The Morgan fingerprint density at radius 1 is 0.839 bits per heavy atom. The summed E-state index contributed by atoms with van der Waals surface area (Å²) in [4.78, 5) is 18.9. The van der Waals surface area contributed by atoms with E-state index >= 15 is 0 Å². The summed E-state index contributed by atoms with van der Waals surface area (Å²) in [5, 5.41) is 0. The van der Waals surface area contributed by atoms with Crippen molar-refractivity contribution < 1.29 is 4.79 Å². The Morgan fingerprint density at radius 2 is 1.58 bits per heavy atom. The molecule has 6 rings (SSSR count). The number of ketones is 1. The highest BCUT2D eigenvalue weighted by Crippen LogP contribution is 2.44. The second-order valence-electron chi connectivity index (χ2n) is 8.13. The van der Waals surface area contributed by atoms with E-state index in [1.165, 1.54) is 5.56 Å². The zero-order valence-corrected chi connectivity index (χ0v) is 17.1. The minimum Gasteiger partial charge on any atom is -0.332 e. The van der Waals surface area contributed by atoms with Crippen LogP contribution in [0.25, 0.3) is 22.6 Å². The highest BCUT2D eigenvalue weighted by Gasteiger charge is 2.40. The lowest BCUT2D eigenvalue weighted by atomic mass is 9.90. The molecule has 5 aromatic rings. The van der Waals surface area contributed by atoms with E-state index < -0.39 is 6.04 Å². The molecule has 1 aliphatic heterocycles. The molecule has 0 amide bonds. The van der Waals surface area contributed by atoms with Gasteiger partial charge in [0.1, 0.15) is 6.04 Å².